The molecule has 0 fully saturated rings. The topological polar surface area (TPSA) is 69.9 Å². The van der Waals surface area contributed by atoms with Crippen molar-refractivity contribution in [1.82, 2.24) is 19.5 Å². The molecule has 0 amide bonds. The van der Waals surface area contributed by atoms with E-state index in [0.717, 1.165) is 28.3 Å². The van der Waals surface area contributed by atoms with Crippen LogP contribution in [0.1, 0.15) is 48.0 Å². The van der Waals surface area contributed by atoms with Crippen molar-refractivity contribution < 1.29 is 9.13 Å². The number of hydrogen-bond acceptors (Lipinski definition) is 5. The van der Waals surface area contributed by atoms with Crippen LogP contribution in [0.15, 0.2) is 59.7 Å². The van der Waals surface area contributed by atoms with Gasteiger partial charge in [0.1, 0.15) is 24.0 Å². The van der Waals surface area contributed by atoms with Crippen molar-refractivity contribution >= 4 is 0 Å². The van der Waals surface area contributed by atoms with Crippen molar-refractivity contribution in [2.75, 3.05) is 0 Å². The van der Waals surface area contributed by atoms with Gasteiger partial charge in [-0.05, 0) is 56.2 Å². The highest BCUT2D eigenvalue weighted by Gasteiger charge is 2.16. The van der Waals surface area contributed by atoms with Crippen LogP contribution in [-0.4, -0.2) is 19.5 Å². The first kappa shape index (κ1) is 23.3. The average molecular weight is 459 g/mol. The summed E-state index contributed by atoms with van der Waals surface area (Å²) in [4.78, 5) is 26.9. The summed E-state index contributed by atoms with van der Waals surface area (Å²) in [5.41, 5.74) is 4.87. The molecule has 0 aliphatic rings. The fourth-order valence-corrected chi connectivity index (χ4v) is 3.68. The number of aromatic nitrogens is 4. The highest BCUT2D eigenvalue weighted by Crippen LogP contribution is 2.25. The van der Waals surface area contributed by atoms with Crippen molar-refractivity contribution in [2.24, 2.45) is 0 Å². The van der Waals surface area contributed by atoms with E-state index in [9.17, 15) is 9.18 Å². The number of hydrogen-bond donors (Lipinski definition) is 0. The van der Waals surface area contributed by atoms with E-state index in [-0.39, 0.29) is 23.9 Å². The number of pyridine rings is 2. The van der Waals surface area contributed by atoms with Crippen molar-refractivity contribution in [1.29, 1.82) is 0 Å². The molecule has 0 N–H and O–H groups in total. The fraction of sp³-hybridized carbons (Fsp3) is 0.259. The number of aryl methyl sites for hydroxylation is 2. The van der Waals surface area contributed by atoms with E-state index < -0.39 is 0 Å². The smallest absolute Gasteiger partial charge is 0.261 e. The van der Waals surface area contributed by atoms with Crippen LogP contribution in [0.3, 0.4) is 0 Å². The minimum atomic E-state index is -0.298. The molecule has 0 bridgehead atoms. The Bertz CT molecular complexity index is 1400. The fourth-order valence-electron chi connectivity index (χ4n) is 3.68. The van der Waals surface area contributed by atoms with Gasteiger partial charge in [-0.2, -0.15) is 0 Å². The van der Waals surface area contributed by atoms with Gasteiger partial charge in [0.25, 0.3) is 5.56 Å². The van der Waals surface area contributed by atoms with Crippen molar-refractivity contribution in [3.63, 3.8) is 0 Å². The number of rotatable bonds is 6. The number of ether oxygens (including phenoxy) is 1. The predicted octanol–water partition coefficient (Wildman–Crippen LogP) is 5.46. The summed E-state index contributed by atoms with van der Waals surface area (Å²) in [5, 5.41) is 0. The lowest BCUT2D eigenvalue weighted by Crippen LogP contribution is -2.24. The van der Waals surface area contributed by atoms with Gasteiger partial charge in [-0.25, -0.2) is 14.4 Å². The third-order valence-corrected chi connectivity index (χ3v) is 5.66. The Morgan fingerprint density at radius 2 is 1.74 bits per heavy atom. The molecule has 0 aliphatic carbocycles. The number of halogens is 1. The van der Waals surface area contributed by atoms with Gasteiger partial charge in [0.05, 0.1) is 22.6 Å². The van der Waals surface area contributed by atoms with E-state index in [4.69, 9.17) is 4.74 Å². The van der Waals surface area contributed by atoms with E-state index >= 15 is 0 Å². The van der Waals surface area contributed by atoms with Crippen LogP contribution in [0.2, 0.25) is 0 Å². The summed E-state index contributed by atoms with van der Waals surface area (Å²) in [7, 11) is 0. The molecule has 0 atom stereocenters. The molecule has 0 saturated heterocycles. The highest BCUT2D eigenvalue weighted by atomic mass is 19.1. The summed E-state index contributed by atoms with van der Waals surface area (Å²) in [5.74, 6) is 1.15. The Hall–Kier alpha value is -3.87. The Labute approximate surface area is 198 Å². The molecule has 0 spiro atoms. The Morgan fingerprint density at radius 1 is 1.00 bits per heavy atom. The van der Waals surface area contributed by atoms with E-state index in [0.29, 0.717) is 22.7 Å². The van der Waals surface area contributed by atoms with Crippen molar-refractivity contribution in [2.45, 2.75) is 47.1 Å². The van der Waals surface area contributed by atoms with Gasteiger partial charge in [0.15, 0.2) is 0 Å². The first-order chi connectivity index (χ1) is 16.2. The van der Waals surface area contributed by atoms with Crippen LogP contribution in [0.4, 0.5) is 4.39 Å². The van der Waals surface area contributed by atoms with Gasteiger partial charge < -0.3 is 4.74 Å². The van der Waals surface area contributed by atoms with E-state index in [2.05, 4.69) is 15.0 Å². The van der Waals surface area contributed by atoms with E-state index in [1.807, 2.05) is 45.9 Å². The van der Waals surface area contributed by atoms with Gasteiger partial charge in [-0.15, -0.1) is 0 Å². The largest absolute Gasteiger partial charge is 0.488 e. The van der Waals surface area contributed by atoms with Gasteiger partial charge in [-0.1, -0.05) is 26.0 Å². The molecule has 34 heavy (non-hydrogen) atoms. The Kier molecular flexibility index (Phi) is 6.54. The second-order valence-corrected chi connectivity index (χ2v) is 8.64. The van der Waals surface area contributed by atoms with Gasteiger partial charge >= 0.3 is 0 Å². The SMILES string of the molecule is Cc1cnc(-c2ccnc(C(C)C)n2)cc1-n1c(C)cc(OCc2ccc(F)cc2)c(C)c1=O. The third kappa shape index (κ3) is 4.73. The van der Waals surface area contributed by atoms with Crippen LogP contribution >= 0.6 is 0 Å². The average Bonchev–Trinajstić information content (AvgIpc) is 2.82. The summed E-state index contributed by atoms with van der Waals surface area (Å²) < 4.78 is 20.7. The summed E-state index contributed by atoms with van der Waals surface area (Å²) >= 11 is 0. The van der Waals surface area contributed by atoms with Crippen LogP contribution in [0, 0.1) is 26.6 Å². The number of benzene rings is 1. The van der Waals surface area contributed by atoms with Gasteiger partial charge in [0.2, 0.25) is 0 Å². The highest BCUT2D eigenvalue weighted by molar-refractivity contribution is 5.59. The molecule has 174 valence electrons. The zero-order chi connectivity index (χ0) is 24.4. The zero-order valence-corrected chi connectivity index (χ0v) is 20.0. The standard InChI is InChI=1S/C27H27FN4O2/c1-16(2)26-29-11-10-22(31-26)23-13-24(17(3)14-30-23)32-18(4)12-25(19(5)27(32)33)34-15-20-6-8-21(28)9-7-20/h6-14,16H,15H2,1-5H3. The van der Waals surface area contributed by atoms with Gasteiger partial charge in [-0.3, -0.25) is 14.3 Å². The molecule has 4 rings (SSSR count). The monoisotopic (exact) mass is 458 g/mol. The van der Waals surface area contributed by atoms with Crippen LogP contribution < -0.4 is 10.3 Å². The Balaban J connectivity index is 1.71. The molecule has 0 radical (unpaired) electrons. The lowest BCUT2D eigenvalue weighted by molar-refractivity contribution is 0.302. The lowest BCUT2D eigenvalue weighted by Gasteiger charge is -2.17. The van der Waals surface area contributed by atoms with Crippen molar-refractivity contribution in [3.8, 4) is 22.8 Å². The first-order valence-electron chi connectivity index (χ1n) is 11.2. The minimum Gasteiger partial charge on any atom is -0.488 e. The van der Waals surface area contributed by atoms with Crippen LogP contribution in [0.5, 0.6) is 5.75 Å². The maximum absolute atomic E-state index is 13.4. The summed E-state index contributed by atoms with van der Waals surface area (Å²) in [6.45, 7) is 9.86. The molecular formula is C27H27FN4O2. The maximum atomic E-state index is 13.4. The molecule has 6 nitrogen and oxygen atoms in total. The second kappa shape index (κ2) is 9.55. The molecule has 1 aromatic carbocycles. The second-order valence-electron chi connectivity index (χ2n) is 8.64. The van der Waals surface area contributed by atoms with Gasteiger partial charge in [0, 0.05) is 30.1 Å². The summed E-state index contributed by atoms with van der Waals surface area (Å²) in [6.07, 6.45) is 3.48. The molecular weight excluding hydrogens is 431 g/mol. The van der Waals surface area contributed by atoms with Crippen molar-refractivity contribution in [3.05, 3.63) is 99.2 Å². The molecule has 0 unspecified atom stereocenters. The maximum Gasteiger partial charge on any atom is 0.261 e. The van der Waals surface area contributed by atoms with Crippen LogP contribution in [-0.2, 0) is 6.61 Å². The lowest BCUT2D eigenvalue weighted by atomic mass is 10.1. The minimum absolute atomic E-state index is 0.167. The molecule has 3 aromatic heterocycles. The third-order valence-electron chi connectivity index (χ3n) is 5.66. The molecule has 4 aromatic rings. The first-order valence-corrected chi connectivity index (χ1v) is 11.2. The quantitative estimate of drug-likeness (QED) is 0.384. The summed E-state index contributed by atoms with van der Waals surface area (Å²) in [6, 6.07) is 11.7. The molecule has 0 saturated carbocycles. The normalized spacial score (nSPS) is 11.1. The van der Waals surface area contributed by atoms with E-state index in [1.54, 1.807) is 36.0 Å². The molecule has 3 heterocycles. The molecule has 0 aliphatic heterocycles. The molecule has 7 heteroatoms. The predicted molar refractivity (Wildman–Crippen MR) is 130 cm³/mol. The Morgan fingerprint density at radius 3 is 2.44 bits per heavy atom. The zero-order valence-electron chi connectivity index (χ0n) is 20.0. The van der Waals surface area contributed by atoms with Crippen LogP contribution in [0.25, 0.3) is 17.1 Å². The number of nitrogens with zero attached hydrogens (tertiary/aromatic N) is 4. The van der Waals surface area contributed by atoms with E-state index in [1.165, 1.54) is 12.1 Å².